The molecule has 1 heterocycles. The molecule has 0 N–H and O–H groups in total. The molecule has 114 valence electrons. The molecule has 0 unspecified atom stereocenters. The number of carbonyl (C=O) groups is 1. The van der Waals surface area contributed by atoms with Gasteiger partial charge >= 0.3 is 5.97 Å². The van der Waals surface area contributed by atoms with Crippen LogP contribution in [0.1, 0.15) is 40.5 Å². The number of halogens is 1. The lowest BCUT2D eigenvalue weighted by molar-refractivity contribution is -0.145. The van der Waals surface area contributed by atoms with Gasteiger partial charge in [-0.1, -0.05) is 55.4 Å². The molecule has 5 nitrogen and oxygen atoms in total. The Morgan fingerprint density at radius 1 is 1.45 bits per heavy atom. The zero-order valence-electron chi connectivity index (χ0n) is 12.6. The second kappa shape index (κ2) is 8.08. The number of rotatable bonds is 7. The lowest BCUT2D eigenvalue weighted by Gasteiger charge is -2.25. The van der Waals surface area contributed by atoms with E-state index in [0.717, 1.165) is 10.8 Å². The van der Waals surface area contributed by atoms with Gasteiger partial charge in [0.25, 0.3) is 0 Å². The van der Waals surface area contributed by atoms with Crippen LogP contribution in [0.3, 0.4) is 0 Å². The van der Waals surface area contributed by atoms with Crippen LogP contribution in [-0.2, 0) is 9.53 Å². The monoisotopic (exact) mass is 393 g/mol. The summed E-state index contributed by atoms with van der Waals surface area (Å²) in [5.41, 5.74) is 8.78. The second-order valence-electron chi connectivity index (χ2n) is 6.23. The summed E-state index contributed by atoms with van der Waals surface area (Å²) >= 11 is 2.37. The molecule has 0 aliphatic carbocycles. The van der Waals surface area contributed by atoms with Gasteiger partial charge in [-0.05, 0) is 36.1 Å². The molecule has 1 aliphatic rings. The Morgan fingerprint density at radius 3 is 2.50 bits per heavy atom. The normalized spacial score (nSPS) is 25.4. The van der Waals surface area contributed by atoms with Gasteiger partial charge in [0.2, 0.25) is 0 Å². The van der Waals surface area contributed by atoms with E-state index < -0.39 is 0 Å². The number of carbonyl (C=O) groups excluding carboxylic acids is 1. The molecule has 20 heavy (non-hydrogen) atoms. The Kier molecular flexibility index (Phi) is 7.09. The molecule has 1 aliphatic heterocycles. The highest BCUT2D eigenvalue weighted by Crippen LogP contribution is 2.33. The highest BCUT2D eigenvalue weighted by molar-refractivity contribution is 14.1. The Labute approximate surface area is 134 Å². The summed E-state index contributed by atoms with van der Waals surface area (Å²) in [6.07, 6.45) is 1.20. The van der Waals surface area contributed by atoms with Crippen molar-refractivity contribution in [1.29, 1.82) is 0 Å². The molecule has 0 bridgehead atoms. The van der Waals surface area contributed by atoms with Gasteiger partial charge in [0.15, 0.2) is 0 Å². The standard InChI is InChI=1S/C14H24IN3O2/c1-8(2)10(7-15)5-12(17-18-16)13-6-11(9(3)4)14(19)20-13/h8-13H,5-7H2,1-4H3/t10-,11+,12+,13+/m1/s1. The van der Waals surface area contributed by atoms with E-state index in [-0.39, 0.29) is 30.0 Å². The fourth-order valence-corrected chi connectivity index (χ4v) is 3.95. The number of ether oxygens (including phenoxy) is 1. The first-order valence-electron chi connectivity index (χ1n) is 7.21. The fourth-order valence-electron chi connectivity index (χ4n) is 2.57. The lowest BCUT2D eigenvalue weighted by atomic mass is 9.86. The molecule has 1 rings (SSSR count). The third kappa shape index (κ3) is 4.52. The number of alkyl halides is 1. The summed E-state index contributed by atoms with van der Waals surface area (Å²) in [5.74, 6) is 1.07. The van der Waals surface area contributed by atoms with Crippen molar-refractivity contribution in [2.45, 2.75) is 52.7 Å². The van der Waals surface area contributed by atoms with Gasteiger partial charge in [0.1, 0.15) is 6.10 Å². The van der Waals surface area contributed by atoms with Gasteiger partial charge in [0, 0.05) is 9.34 Å². The highest BCUT2D eigenvalue weighted by Gasteiger charge is 2.40. The zero-order chi connectivity index (χ0) is 15.3. The predicted octanol–water partition coefficient (Wildman–Crippen LogP) is 4.35. The van der Waals surface area contributed by atoms with Crippen LogP contribution >= 0.6 is 22.6 Å². The smallest absolute Gasteiger partial charge is 0.309 e. The zero-order valence-corrected chi connectivity index (χ0v) is 14.8. The van der Waals surface area contributed by atoms with Crippen LogP contribution in [-0.4, -0.2) is 22.5 Å². The SMILES string of the molecule is CC(C)[C@@H](CI)C[C@H](N=[N+]=[N-])[C@@H]1C[C@@H](C(C)C)C(=O)O1. The lowest BCUT2D eigenvalue weighted by Crippen LogP contribution is -2.28. The summed E-state index contributed by atoms with van der Waals surface area (Å²) in [5, 5.41) is 3.90. The Morgan fingerprint density at radius 2 is 2.10 bits per heavy atom. The third-order valence-corrected chi connectivity index (χ3v) is 5.31. The van der Waals surface area contributed by atoms with E-state index in [0.29, 0.717) is 18.3 Å². The largest absolute Gasteiger partial charge is 0.462 e. The molecule has 0 amide bonds. The topological polar surface area (TPSA) is 75.1 Å². The van der Waals surface area contributed by atoms with Crippen LogP contribution in [0.2, 0.25) is 0 Å². The maximum absolute atomic E-state index is 11.9. The van der Waals surface area contributed by atoms with Gasteiger partial charge in [0.05, 0.1) is 12.0 Å². The maximum Gasteiger partial charge on any atom is 0.309 e. The first kappa shape index (κ1) is 17.6. The van der Waals surface area contributed by atoms with Crippen LogP contribution in [0.25, 0.3) is 10.4 Å². The first-order chi connectivity index (χ1) is 9.40. The molecular formula is C14H24IN3O2. The number of hydrogen-bond acceptors (Lipinski definition) is 3. The number of azide groups is 1. The molecule has 0 aromatic rings. The molecule has 0 spiro atoms. The quantitative estimate of drug-likeness (QED) is 0.161. The second-order valence-corrected chi connectivity index (χ2v) is 7.11. The molecule has 4 atom stereocenters. The average Bonchev–Trinajstić information content (AvgIpc) is 2.76. The van der Waals surface area contributed by atoms with Crippen molar-refractivity contribution in [2.75, 3.05) is 4.43 Å². The summed E-state index contributed by atoms with van der Waals surface area (Å²) in [6.45, 7) is 8.40. The highest BCUT2D eigenvalue weighted by atomic mass is 127. The van der Waals surface area contributed by atoms with E-state index in [4.69, 9.17) is 10.3 Å². The number of nitrogens with zero attached hydrogens (tertiary/aromatic N) is 3. The van der Waals surface area contributed by atoms with E-state index in [1.807, 2.05) is 13.8 Å². The number of cyclic esters (lactones) is 1. The number of hydrogen-bond donors (Lipinski definition) is 0. The van der Waals surface area contributed by atoms with Crippen molar-refractivity contribution in [2.24, 2.45) is 28.8 Å². The van der Waals surface area contributed by atoms with Crippen molar-refractivity contribution in [1.82, 2.24) is 0 Å². The van der Waals surface area contributed by atoms with Crippen LogP contribution in [0.15, 0.2) is 5.11 Å². The summed E-state index contributed by atoms with van der Waals surface area (Å²) in [7, 11) is 0. The van der Waals surface area contributed by atoms with E-state index >= 15 is 0 Å². The van der Waals surface area contributed by atoms with Gasteiger partial charge in [-0.2, -0.15) is 0 Å². The van der Waals surface area contributed by atoms with Gasteiger partial charge in [-0.15, -0.1) is 0 Å². The molecule has 1 saturated heterocycles. The van der Waals surface area contributed by atoms with Crippen LogP contribution in [0, 0.1) is 23.7 Å². The minimum absolute atomic E-state index is 0.0616. The van der Waals surface area contributed by atoms with E-state index in [9.17, 15) is 4.79 Å². The van der Waals surface area contributed by atoms with Gasteiger partial charge in [-0.3, -0.25) is 4.79 Å². The average molecular weight is 393 g/mol. The first-order valence-corrected chi connectivity index (χ1v) is 8.73. The van der Waals surface area contributed by atoms with Crippen LogP contribution in [0.4, 0.5) is 0 Å². The van der Waals surface area contributed by atoms with Crippen molar-refractivity contribution in [3.63, 3.8) is 0 Å². The molecule has 6 heteroatoms. The van der Waals surface area contributed by atoms with Crippen molar-refractivity contribution >= 4 is 28.6 Å². The summed E-state index contributed by atoms with van der Waals surface area (Å²) in [4.78, 5) is 14.8. The van der Waals surface area contributed by atoms with Crippen molar-refractivity contribution in [3.05, 3.63) is 10.4 Å². The number of esters is 1. The van der Waals surface area contributed by atoms with Crippen molar-refractivity contribution in [3.8, 4) is 0 Å². The molecule has 1 fully saturated rings. The van der Waals surface area contributed by atoms with E-state index in [1.165, 1.54) is 0 Å². The van der Waals surface area contributed by atoms with Gasteiger partial charge < -0.3 is 4.74 Å². The van der Waals surface area contributed by atoms with E-state index in [1.54, 1.807) is 0 Å². The summed E-state index contributed by atoms with van der Waals surface area (Å²) in [6, 6.07) is -0.241. The molecule has 0 saturated carbocycles. The Bertz CT molecular complexity index is 381. The predicted molar refractivity (Wildman–Crippen MR) is 87.6 cm³/mol. The summed E-state index contributed by atoms with van der Waals surface area (Å²) < 4.78 is 6.48. The maximum atomic E-state index is 11.9. The Balaban J connectivity index is 2.77. The fraction of sp³-hybridized carbons (Fsp3) is 0.929. The minimum atomic E-state index is -0.255. The van der Waals surface area contributed by atoms with E-state index in [2.05, 4.69) is 46.5 Å². The third-order valence-electron chi connectivity index (χ3n) is 4.18. The van der Waals surface area contributed by atoms with Gasteiger partial charge in [-0.25, -0.2) is 0 Å². The molecule has 0 aromatic carbocycles. The molecular weight excluding hydrogens is 369 g/mol. The molecule has 0 aromatic heterocycles. The Hall–Kier alpha value is -0.490. The minimum Gasteiger partial charge on any atom is -0.462 e. The molecule has 0 radical (unpaired) electrons. The van der Waals surface area contributed by atoms with Crippen LogP contribution < -0.4 is 0 Å². The van der Waals surface area contributed by atoms with Crippen molar-refractivity contribution < 1.29 is 9.53 Å². The van der Waals surface area contributed by atoms with Crippen LogP contribution in [0.5, 0.6) is 0 Å².